The third-order valence-corrected chi connectivity index (χ3v) is 1.98. The van der Waals surface area contributed by atoms with Crippen molar-refractivity contribution in [3.63, 3.8) is 0 Å². The van der Waals surface area contributed by atoms with Gasteiger partial charge in [0.1, 0.15) is 0 Å². The molecule has 5 heteroatoms. The lowest BCUT2D eigenvalue weighted by Gasteiger charge is -2.07. The Morgan fingerprint density at radius 1 is 1.36 bits per heavy atom. The molecule has 0 aliphatic rings. The SMILES string of the molecule is CC(N)c1ccc(/C(=N/N)NN)cc1. The molecule has 1 aromatic carbocycles. The average molecular weight is 193 g/mol. The summed E-state index contributed by atoms with van der Waals surface area (Å²) in [6.07, 6.45) is 0. The first-order valence-corrected chi connectivity index (χ1v) is 4.29. The molecule has 0 heterocycles. The van der Waals surface area contributed by atoms with Crippen LogP contribution in [0.1, 0.15) is 24.1 Å². The fraction of sp³-hybridized carbons (Fsp3) is 0.222. The molecule has 1 rings (SSSR count). The number of benzene rings is 1. The second-order valence-corrected chi connectivity index (χ2v) is 3.03. The second kappa shape index (κ2) is 4.59. The zero-order valence-corrected chi connectivity index (χ0v) is 8.07. The normalized spacial score (nSPS) is 13.8. The average Bonchev–Trinajstić information content (AvgIpc) is 2.20. The number of hydrazone groups is 1. The Labute approximate surface area is 82.9 Å². The standard InChI is InChI=1S/C9H15N5/c1-6(10)7-2-4-8(5-3-7)9(13-11)14-12/h2-6H,10-12H2,1H3,(H,13,14). The van der Waals surface area contributed by atoms with Crippen molar-refractivity contribution < 1.29 is 0 Å². The van der Waals surface area contributed by atoms with Crippen molar-refractivity contribution in [3.05, 3.63) is 35.4 Å². The highest BCUT2D eigenvalue weighted by atomic mass is 15.3. The minimum atomic E-state index is 0.0214. The molecular weight excluding hydrogens is 178 g/mol. The second-order valence-electron chi connectivity index (χ2n) is 3.03. The number of nitrogens with two attached hydrogens (primary N) is 3. The largest absolute Gasteiger partial charge is 0.324 e. The van der Waals surface area contributed by atoms with E-state index in [9.17, 15) is 0 Å². The molecule has 0 fully saturated rings. The van der Waals surface area contributed by atoms with E-state index < -0.39 is 0 Å². The van der Waals surface area contributed by atoms with E-state index in [0.29, 0.717) is 5.84 Å². The van der Waals surface area contributed by atoms with Gasteiger partial charge in [-0.1, -0.05) is 24.3 Å². The molecule has 0 aliphatic carbocycles. The third-order valence-electron chi connectivity index (χ3n) is 1.98. The Kier molecular flexibility index (Phi) is 3.44. The Balaban J connectivity index is 2.93. The number of amidine groups is 1. The molecule has 0 aliphatic heterocycles. The first kappa shape index (κ1) is 10.5. The zero-order chi connectivity index (χ0) is 10.6. The minimum absolute atomic E-state index is 0.0214. The van der Waals surface area contributed by atoms with Crippen molar-refractivity contribution in [1.82, 2.24) is 5.43 Å². The monoisotopic (exact) mass is 193 g/mol. The Morgan fingerprint density at radius 3 is 2.29 bits per heavy atom. The number of hydrazine groups is 1. The van der Waals surface area contributed by atoms with Crippen LogP contribution in [0.2, 0.25) is 0 Å². The lowest BCUT2D eigenvalue weighted by molar-refractivity contribution is 0.818. The highest BCUT2D eigenvalue weighted by molar-refractivity contribution is 5.98. The number of rotatable bonds is 2. The van der Waals surface area contributed by atoms with Gasteiger partial charge in [0.15, 0.2) is 5.84 Å². The first-order valence-electron chi connectivity index (χ1n) is 4.29. The lowest BCUT2D eigenvalue weighted by atomic mass is 10.1. The topological polar surface area (TPSA) is 102 Å². The summed E-state index contributed by atoms with van der Waals surface area (Å²) >= 11 is 0. The molecule has 0 saturated heterocycles. The van der Waals surface area contributed by atoms with Crippen molar-refractivity contribution in [2.45, 2.75) is 13.0 Å². The van der Waals surface area contributed by atoms with Gasteiger partial charge in [0.2, 0.25) is 0 Å². The van der Waals surface area contributed by atoms with Gasteiger partial charge in [0.05, 0.1) is 0 Å². The Morgan fingerprint density at radius 2 is 1.93 bits per heavy atom. The van der Waals surface area contributed by atoms with E-state index in [4.69, 9.17) is 17.4 Å². The maximum absolute atomic E-state index is 5.71. The van der Waals surface area contributed by atoms with Gasteiger partial charge in [-0.3, -0.25) is 0 Å². The maximum Gasteiger partial charge on any atom is 0.166 e. The molecule has 0 radical (unpaired) electrons. The van der Waals surface area contributed by atoms with E-state index in [-0.39, 0.29) is 6.04 Å². The predicted octanol–water partition coefficient (Wildman–Crippen LogP) is -0.210. The van der Waals surface area contributed by atoms with E-state index >= 15 is 0 Å². The highest BCUT2D eigenvalue weighted by Crippen LogP contribution is 2.10. The molecule has 5 nitrogen and oxygen atoms in total. The van der Waals surface area contributed by atoms with Gasteiger partial charge < -0.3 is 17.0 Å². The number of hydrogen-bond donors (Lipinski definition) is 4. The van der Waals surface area contributed by atoms with Crippen LogP contribution >= 0.6 is 0 Å². The van der Waals surface area contributed by atoms with Gasteiger partial charge in [0.25, 0.3) is 0 Å². The summed E-state index contributed by atoms with van der Waals surface area (Å²) in [4.78, 5) is 0. The fourth-order valence-electron chi connectivity index (χ4n) is 1.14. The summed E-state index contributed by atoms with van der Waals surface area (Å²) < 4.78 is 0. The molecule has 0 amide bonds. The molecule has 1 unspecified atom stereocenters. The summed E-state index contributed by atoms with van der Waals surface area (Å²) in [5, 5.41) is 3.50. The maximum atomic E-state index is 5.71. The van der Waals surface area contributed by atoms with Crippen LogP contribution in [-0.2, 0) is 0 Å². The van der Waals surface area contributed by atoms with Crippen LogP contribution in [-0.4, -0.2) is 5.84 Å². The molecule has 0 bridgehead atoms. The zero-order valence-electron chi connectivity index (χ0n) is 8.07. The van der Waals surface area contributed by atoms with E-state index in [0.717, 1.165) is 11.1 Å². The summed E-state index contributed by atoms with van der Waals surface area (Å²) in [6, 6.07) is 7.59. The highest BCUT2D eigenvalue weighted by Gasteiger charge is 2.02. The van der Waals surface area contributed by atoms with E-state index in [2.05, 4.69) is 10.5 Å². The molecule has 1 aromatic rings. The van der Waals surface area contributed by atoms with Crippen molar-refractivity contribution in [3.8, 4) is 0 Å². The van der Waals surface area contributed by atoms with Gasteiger partial charge in [-0.15, -0.1) is 0 Å². The van der Waals surface area contributed by atoms with E-state index in [1.807, 2.05) is 31.2 Å². The molecule has 7 N–H and O–H groups in total. The van der Waals surface area contributed by atoms with Crippen LogP contribution in [0.4, 0.5) is 0 Å². The quantitative estimate of drug-likeness (QED) is 0.226. The lowest BCUT2D eigenvalue weighted by Crippen LogP contribution is -2.32. The van der Waals surface area contributed by atoms with Crippen LogP contribution in [0.25, 0.3) is 0 Å². The third kappa shape index (κ3) is 2.21. The van der Waals surface area contributed by atoms with Crippen molar-refractivity contribution in [2.24, 2.45) is 22.5 Å². The predicted molar refractivity (Wildman–Crippen MR) is 57.1 cm³/mol. The Bertz CT molecular complexity index is 314. The van der Waals surface area contributed by atoms with Crippen LogP contribution in [0.15, 0.2) is 29.4 Å². The van der Waals surface area contributed by atoms with Crippen molar-refractivity contribution in [1.29, 1.82) is 0 Å². The van der Waals surface area contributed by atoms with Crippen LogP contribution < -0.4 is 22.8 Å². The molecule has 76 valence electrons. The van der Waals surface area contributed by atoms with Crippen molar-refractivity contribution >= 4 is 5.84 Å². The molecular formula is C9H15N5. The molecule has 0 aromatic heterocycles. The van der Waals surface area contributed by atoms with Crippen molar-refractivity contribution in [2.75, 3.05) is 0 Å². The summed E-state index contributed by atoms with van der Waals surface area (Å²) in [7, 11) is 0. The number of hydrogen-bond acceptors (Lipinski definition) is 4. The van der Waals surface area contributed by atoms with Crippen LogP contribution in [0, 0.1) is 0 Å². The van der Waals surface area contributed by atoms with E-state index in [1.165, 1.54) is 0 Å². The molecule has 14 heavy (non-hydrogen) atoms. The first-order chi connectivity index (χ1) is 6.69. The van der Waals surface area contributed by atoms with Gasteiger partial charge in [0, 0.05) is 11.6 Å². The van der Waals surface area contributed by atoms with Gasteiger partial charge in [-0.05, 0) is 12.5 Å². The molecule has 1 atom stereocenters. The van der Waals surface area contributed by atoms with E-state index in [1.54, 1.807) is 0 Å². The number of nitrogens with one attached hydrogen (secondary N) is 1. The summed E-state index contributed by atoms with van der Waals surface area (Å²) in [5.74, 6) is 10.8. The number of nitrogens with zero attached hydrogens (tertiary/aromatic N) is 1. The fourth-order valence-corrected chi connectivity index (χ4v) is 1.14. The minimum Gasteiger partial charge on any atom is -0.324 e. The summed E-state index contributed by atoms with van der Waals surface area (Å²) in [6.45, 7) is 1.92. The van der Waals surface area contributed by atoms with Crippen LogP contribution in [0.5, 0.6) is 0 Å². The summed E-state index contributed by atoms with van der Waals surface area (Å²) in [5.41, 5.74) is 10.0. The Hall–Kier alpha value is -1.59. The van der Waals surface area contributed by atoms with Crippen LogP contribution in [0.3, 0.4) is 0 Å². The van der Waals surface area contributed by atoms with Gasteiger partial charge in [-0.2, -0.15) is 5.10 Å². The smallest absolute Gasteiger partial charge is 0.166 e. The molecule has 0 saturated carbocycles. The van der Waals surface area contributed by atoms with Gasteiger partial charge in [-0.25, -0.2) is 5.84 Å². The molecule has 0 spiro atoms. The van der Waals surface area contributed by atoms with Gasteiger partial charge >= 0.3 is 0 Å².